The summed E-state index contributed by atoms with van der Waals surface area (Å²) in [6.07, 6.45) is 6.95. The molecule has 1 amide bonds. The van der Waals surface area contributed by atoms with Crippen LogP contribution in [-0.4, -0.2) is 39.7 Å². The predicted molar refractivity (Wildman–Crippen MR) is 108 cm³/mol. The highest BCUT2D eigenvalue weighted by Gasteiger charge is 2.15. The fourth-order valence-electron chi connectivity index (χ4n) is 2.10. The average molecular weight is 418 g/mol. The van der Waals surface area contributed by atoms with Crippen molar-refractivity contribution in [2.24, 2.45) is 0 Å². The maximum Gasteiger partial charge on any atom is 0.338 e. The van der Waals surface area contributed by atoms with Crippen molar-refractivity contribution in [1.82, 2.24) is 4.72 Å². The minimum Gasteiger partial charge on any atom is -0.452 e. The molecule has 0 aliphatic rings. The first-order valence-corrected chi connectivity index (χ1v) is 10.7. The lowest BCUT2D eigenvalue weighted by atomic mass is 10.2. The lowest BCUT2D eigenvalue weighted by Gasteiger charge is -2.08. The molecule has 0 heterocycles. The number of anilines is 1. The SMILES string of the molecule is C#CCNS(=O)(=O)c1ccc(C(=O)OCC(=O)Nc2cccc(SC)c2)cc1. The first kappa shape index (κ1) is 21.5. The Morgan fingerprint density at radius 3 is 2.54 bits per heavy atom. The van der Waals surface area contributed by atoms with Crippen molar-refractivity contribution in [3.05, 3.63) is 54.1 Å². The molecule has 28 heavy (non-hydrogen) atoms. The number of thioether (sulfide) groups is 1. The molecule has 2 aromatic rings. The highest BCUT2D eigenvalue weighted by atomic mass is 32.2. The Morgan fingerprint density at radius 2 is 1.89 bits per heavy atom. The number of carbonyl (C=O) groups is 2. The molecule has 0 saturated heterocycles. The van der Waals surface area contributed by atoms with Gasteiger partial charge in [0.1, 0.15) is 0 Å². The van der Waals surface area contributed by atoms with Gasteiger partial charge in [-0.05, 0) is 48.7 Å². The molecule has 0 atom stereocenters. The monoisotopic (exact) mass is 418 g/mol. The molecule has 9 heteroatoms. The molecule has 0 aliphatic heterocycles. The summed E-state index contributed by atoms with van der Waals surface area (Å²) < 4.78 is 31.0. The fourth-order valence-corrected chi connectivity index (χ4v) is 3.50. The van der Waals surface area contributed by atoms with Gasteiger partial charge in [0.05, 0.1) is 17.0 Å². The van der Waals surface area contributed by atoms with Gasteiger partial charge in [0.2, 0.25) is 10.0 Å². The topological polar surface area (TPSA) is 102 Å². The summed E-state index contributed by atoms with van der Waals surface area (Å²) in [6.45, 7) is -0.604. The summed E-state index contributed by atoms with van der Waals surface area (Å²) >= 11 is 1.54. The van der Waals surface area contributed by atoms with Gasteiger partial charge in [-0.2, -0.15) is 4.72 Å². The summed E-state index contributed by atoms with van der Waals surface area (Å²) in [5, 5.41) is 2.64. The minimum absolute atomic E-state index is 0.0364. The fraction of sp³-hybridized carbons (Fsp3) is 0.158. The normalized spacial score (nSPS) is 10.7. The van der Waals surface area contributed by atoms with E-state index in [2.05, 4.69) is 16.0 Å². The van der Waals surface area contributed by atoms with Gasteiger partial charge in [0.15, 0.2) is 6.61 Å². The molecule has 0 radical (unpaired) electrons. The van der Waals surface area contributed by atoms with Gasteiger partial charge in [-0.1, -0.05) is 12.0 Å². The Hall–Kier alpha value is -2.80. The van der Waals surface area contributed by atoms with Crippen molar-refractivity contribution in [3.63, 3.8) is 0 Å². The van der Waals surface area contributed by atoms with Crippen LogP contribution in [0.1, 0.15) is 10.4 Å². The third-order valence-corrected chi connectivity index (χ3v) is 5.59. The number of esters is 1. The molecule has 0 aliphatic carbocycles. The molecule has 7 nitrogen and oxygen atoms in total. The zero-order valence-corrected chi connectivity index (χ0v) is 16.6. The highest BCUT2D eigenvalue weighted by Crippen LogP contribution is 2.19. The van der Waals surface area contributed by atoms with E-state index < -0.39 is 28.5 Å². The number of rotatable bonds is 8. The summed E-state index contributed by atoms with van der Waals surface area (Å²) in [5.74, 6) is 0.946. The van der Waals surface area contributed by atoms with Gasteiger partial charge in [-0.15, -0.1) is 18.2 Å². The Bertz CT molecular complexity index is 996. The molecular weight excluding hydrogens is 400 g/mol. The van der Waals surface area contributed by atoms with E-state index in [1.807, 2.05) is 18.4 Å². The second-order valence-electron chi connectivity index (χ2n) is 5.41. The van der Waals surface area contributed by atoms with Gasteiger partial charge in [0, 0.05) is 10.6 Å². The maximum atomic E-state index is 12.0. The quantitative estimate of drug-likeness (QED) is 0.387. The number of ether oxygens (including phenoxy) is 1. The van der Waals surface area contributed by atoms with Crippen molar-refractivity contribution in [1.29, 1.82) is 0 Å². The number of amides is 1. The van der Waals surface area contributed by atoms with Crippen LogP contribution in [-0.2, 0) is 19.6 Å². The van der Waals surface area contributed by atoms with Crippen LogP contribution in [0.5, 0.6) is 0 Å². The molecule has 0 bridgehead atoms. The van der Waals surface area contributed by atoms with Gasteiger partial charge in [-0.25, -0.2) is 13.2 Å². The Balaban J connectivity index is 1.92. The minimum atomic E-state index is -3.74. The molecule has 2 N–H and O–H groups in total. The third-order valence-electron chi connectivity index (χ3n) is 3.45. The van der Waals surface area contributed by atoms with Crippen LogP contribution < -0.4 is 10.0 Å². The number of carbonyl (C=O) groups excluding carboxylic acids is 2. The largest absolute Gasteiger partial charge is 0.452 e. The number of hydrogen-bond acceptors (Lipinski definition) is 6. The van der Waals surface area contributed by atoms with Crippen molar-refractivity contribution in [2.75, 3.05) is 24.7 Å². The van der Waals surface area contributed by atoms with E-state index in [1.54, 1.807) is 12.1 Å². The van der Waals surface area contributed by atoms with E-state index in [4.69, 9.17) is 11.2 Å². The summed E-state index contributed by atoms with van der Waals surface area (Å²) in [7, 11) is -3.74. The Labute approximate surface area is 167 Å². The van der Waals surface area contributed by atoms with E-state index in [1.165, 1.54) is 36.0 Å². The summed E-state index contributed by atoms with van der Waals surface area (Å²) in [6, 6.07) is 12.4. The molecule has 2 aromatic carbocycles. The van der Waals surface area contributed by atoms with Crippen LogP contribution >= 0.6 is 11.8 Å². The van der Waals surface area contributed by atoms with E-state index in [0.29, 0.717) is 5.69 Å². The first-order chi connectivity index (χ1) is 13.4. The van der Waals surface area contributed by atoms with Crippen LogP contribution in [0.15, 0.2) is 58.3 Å². The smallest absolute Gasteiger partial charge is 0.338 e. The standard InChI is InChI=1S/C19H18N2O5S2/c1-3-11-20-28(24,25)17-9-7-14(8-10-17)19(23)26-13-18(22)21-15-5-4-6-16(12-15)27-2/h1,4-10,12,20H,11,13H2,2H3,(H,21,22). The molecule has 0 unspecified atom stereocenters. The van der Waals surface area contributed by atoms with Crippen LogP contribution in [0, 0.1) is 12.3 Å². The lowest BCUT2D eigenvalue weighted by molar-refractivity contribution is -0.119. The number of hydrogen-bond donors (Lipinski definition) is 2. The molecule has 2 rings (SSSR count). The molecule has 0 spiro atoms. The number of nitrogens with one attached hydrogen (secondary N) is 2. The van der Waals surface area contributed by atoms with Crippen LogP contribution in [0.25, 0.3) is 0 Å². The number of benzene rings is 2. The van der Waals surface area contributed by atoms with Gasteiger partial charge in [-0.3, -0.25) is 4.79 Å². The van der Waals surface area contributed by atoms with Gasteiger partial charge in [0.25, 0.3) is 5.91 Å². The Kier molecular flexibility index (Phi) is 7.63. The molecule has 0 aromatic heterocycles. The maximum absolute atomic E-state index is 12.0. The van der Waals surface area contributed by atoms with Crippen molar-refractivity contribution >= 4 is 39.3 Å². The zero-order valence-electron chi connectivity index (χ0n) is 15.0. The first-order valence-electron chi connectivity index (χ1n) is 8.00. The summed E-state index contributed by atoms with van der Waals surface area (Å²) in [5.41, 5.74) is 0.718. The van der Waals surface area contributed by atoms with E-state index in [0.717, 1.165) is 4.90 Å². The zero-order chi connectivity index (χ0) is 20.6. The van der Waals surface area contributed by atoms with Crippen molar-refractivity contribution < 1.29 is 22.7 Å². The molecule has 0 saturated carbocycles. The molecule has 146 valence electrons. The second-order valence-corrected chi connectivity index (χ2v) is 8.06. The van der Waals surface area contributed by atoms with Gasteiger partial charge >= 0.3 is 5.97 Å². The average Bonchev–Trinajstić information content (AvgIpc) is 2.70. The highest BCUT2D eigenvalue weighted by molar-refractivity contribution is 7.98. The van der Waals surface area contributed by atoms with Crippen LogP contribution in [0.3, 0.4) is 0 Å². The van der Waals surface area contributed by atoms with E-state index in [-0.39, 0.29) is 17.0 Å². The van der Waals surface area contributed by atoms with Gasteiger partial charge < -0.3 is 10.1 Å². The number of terminal acetylenes is 1. The second kappa shape index (κ2) is 9.94. The molecular formula is C19H18N2O5S2. The molecule has 0 fully saturated rings. The summed E-state index contributed by atoms with van der Waals surface area (Å²) in [4.78, 5) is 24.9. The lowest BCUT2D eigenvalue weighted by Crippen LogP contribution is -2.24. The Morgan fingerprint density at radius 1 is 1.18 bits per heavy atom. The third kappa shape index (κ3) is 6.13. The van der Waals surface area contributed by atoms with Crippen LogP contribution in [0.2, 0.25) is 0 Å². The van der Waals surface area contributed by atoms with E-state index in [9.17, 15) is 18.0 Å². The van der Waals surface area contributed by atoms with E-state index >= 15 is 0 Å². The van der Waals surface area contributed by atoms with Crippen molar-refractivity contribution in [3.8, 4) is 12.3 Å². The predicted octanol–water partition coefficient (Wildman–Crippen LogP) is 2.12. The van der Waals surface area contributed by atoms with Crippen molar-refractivity contribution in [2.45, 2.75) is 9.79 Å². The number of sulfonamides is 1. The van der Waals surface area contributed by atoms with Crippen LogP contribution in [0.4, 0.5) is 5.69 Å².